The Kier molecular flexibility index (Phi) is 2.99. The zero-order chi connectivity index (χ0) is 11.8. The molecule has 1 saturated heterocycles. The summed E-state index contributed by atoms with van der Waals surface area (Å²) in [5.41, 5.74) is 6.03. The summed E-state index contributed by atoms with van der Waals surface area (Å²) in [6.07, 6.45) is 6.35. The SMILES string of the molecule is CCC1(C)CCN(C(=O)C2(N)CCC2)CC1. The number of rotatable bonds is 2. The van der Waals surface area contributed by atoms with E-state index in [2.05, 4.69) is 13.8 Å². The number of nitrogens with zero attached hydrogens (tertiary/aromatic N) is 1. The second kappa shape index (κ2) is 4.02. The van der Waals surface area contributed by atoms with E-state index in [0.717, 1.165) is 45.2 Å². The van der Waals surface area contributed by atoms with Crippen molar-refractivity contribution in [3.8, 4) is 0 Å². The number of amides is 1. The quantitative estimate of drug-likeness (QED) is 0.778. The van der Waals surface area contributed by atoms with Gasteiger partial charge in [0.05, 0.1) is 5.54 Å². The largest absolute Gasteiger partial charge is 0.341 e. The molecule has 2 aliphatic rings. The second-order valence-electron chi connectivity index (χ2n) is 5.97. The van der Waals surface area contributed by atoms with Crippen molar-refractivity contribution in [2.24, 2.45) is 11.1 Å². The maximum Gasteiger partial charge on any atom is 0.242 e. The van der Waals surface area contributed by atoms with Crippen LogP contribution in [0.2, 0.25) is 0 Å². The standard InChI is InChI=1S/C13H24N2O/c1-3-12(2)7-9-15(10-8-12)11(16)13(14)5-4-6-13/h3-10,14H2,1-2H3. The van der Waals surface area contributed by atoms with Gasteiger partial charge in [-0.05, 0) is 37.5 Å². The van der Waals surface area contributed by atoms with Gasteiger partial charge in [0, 0.05) is 13.1 Å². The third kappa shape index (κ3) is 1.97. The lowest BCUT2D eigenvalue weighted by Crippen LogP contribution is -2.61. The van der Waals surface area contributed by atoms with E-state index in [0.29, 0.717) is 5.41 Å². The molecule has 2 N–H and O–H groups in total. The Bertz CT molecular complexity index is 276. The molecule has 0 bridgehead atoms. The summed E-state index contributed by atoms with van der Waals surface area (Å²) in [4.78, 5) is 14.2. The van der Waals surface area contributed by atoms with Gasteiger partial charge in [0.25, 0.3) is 0 Å². The van der Waals surface area contributed by atoms with Gasteiger partial charge in [-0.1, -0.05) is 20.3 Å². The zero-order valence-corrected chi connectivity index (χ0v) is 10.6. The van der Waals surface area contributed by atoms with Crippen LogP contribution < -0.4 is 5.73 Å². The van der Waals surface area contributed by atoms with Crippen LogP contribution in [0.15, 0.2) is 0 Å². The van der Waals surface area contributed by atoms with E-state index in [9.17, 15) is 4.79 Å². The summed E-state index contributed by atoms with van der Waals surface area (Å²) >= 11 is 0. The van der Waals surface area contributed by atoms with Crippen molar-refractivity contribution in [3.05, 3.63) is 0 Å². The van der Waals surface area contributed by atoms with Crippen LogP contribution in [0.25, 0.3) is 0 Å². The highest BCUT2D eigenvalue weighted by molar-refractivity contribution is 5.87. The molecule has 1 aliphatic carbocycles. The lowest BCUT2D eigenvalue weighted by Gasteiger charge is -2.45. The van der Waals surface area contributed by atoms with Crippen molar-refractivity contribution in [3.63, 3.8) is 0 Å². The number of nitrogens with two attached hydrogens (primary N) is 1. The Hall–Kier alpha value is -0.570. The van der Waals surface area contributed by atoms with Crippen LogP contribution in [0.5, 0.6) is 0 Å². The molecular formula is C13H24N2O. The van der Waals surface area contributed by atoms with Gasteiger partial charge in [0.15, 0.2) is 0 Å². The van der Waals surface area contributed by atoms with Crippen LogP contribution in [-0.2, 0) is 4.79 Å². The molecule has 0 spiro atoms. The highest BCUT2D eigenvalue weighted by atomic mass is 16.2. The first-order valence-corrected chi connectivity index (χ1v) is 6.57. The molecule has 3 heteroatoms. The van der Waals surface area contributed by atoms with Crippen LogP contribution in [-0.4, -0.2) is 29.4 Å². The number of carbonyl (C=O) groups excluding carboxylic acids is 1. The van der Waals surface area contributed by atoms with Crippen LogP contribution in [0, 0.1) is 5.41 Å². The molecule has 3 nitrogen and oxygen atoms in total. The number of likely N-dealkylation sites (tertiary alicyclic amines) is 1. The van der Waals surface area contributed by atoms with Crippen LogP contribution in [0.4, 0.5) is 0 Å². The van der Waals surface area contributed by atoms with E-state index in [1.807, 2.05) is 4.90 Å². The van der Waals surface area contributed by atoms with E-state index in [1.54, 1.807) is 0 Å². The molecule has 1 amide bonds. The Morgan fingerprint density at radius 2 is 1.81 bits per heavy atom. The van der Waals surface area contributed by atoms with E-state index in [1.165, 1.54) is 6.42 Å². The van der Waals surface area contributed by atoms with Crippen molar-refractivity contribution >= 4 is 5.91 Å². The normalized spacial score (nSPS) is 27.3. The number of piperidine rings is 1. The summed E-state index contributed by atoms with van der Waals surface area (Å²) in [5, 5.41) is 0. The average Bonchev–Trinajstić information content (AvgIpc) is 2.26. The predicted octanol–water partition coefficient (Wildman–Crippen LogP) is 1.91. The van der Waals surface area contributed by atoms with Gasteiger partial charge < -0.3 is 10.6 Å². The van der Waals surface area contributed by atoms with E-state index >= 15 is 0 Å². The molecular weight excluding hydrogens is 200 g/mol. The van der Waals surface area contributed by atoms with Gasteiger partial charge in [0.1, 0.15) is 0 Å². The van der Waals surface area contributed by atoms with Gasteiger partial charge in [-0.3, -0.25) is 4.79 Å². The van der Waals surface area contributed by atoms with Crippen molar-refractivity contribution in [1.29, 1.82) is 0 Å². The van der Waals surface area contributed by atoms with Crippen molar-refractivity contribution in [2.45, 2.75) is 57.9 Å². The van der Waals surface area contributed by atoms with Crippen LogP contribution in [0.3, 0.4) is 0 Å². The van der Waals surface area contributed by atoms with E-state index in [4.69, 9.17) is 5.73 Å². The molecule has 0 aromatic rings. The minimum Gasteiger partial charge on any atom is -0.341 e. The molecule has 92 valence electrons. The molecule has 2 fully saturated rings. The second-order valence-corrected chi connectivity index (χ2v) is 5.97. The Morgan fingerprint density at radius 3 is 2.19 bits per heavy atom. The average molecular weight is 224 g/mol. The summed E-state index contributed by atoms with van der Waals surface area (Å²) in [7, 11) is 0. The molecule has 1 saturated carbocycles. The van der Waals surface area contributed by atoms with Gasteiger partial charge in [-0.2, -0.15) is 0 Å². The fourth-order valence-corrected chi connectivity index (χ4v) is 2.69. The Balaban J connectivity index is 1.92. The molecule has 2 rings (SSSR count). The number of carbonyl (C=O) groups is 1. The summed E-state index contributed by atoms with van der Waals surface area (Å²) in [6.45, 7) is 6.38. The highest BCUT2D eigenvalue weighted by Crippen LogP contribution is 2.37. The lowest BCUT2D eigenvalue weighted by atomic mass is 9.74. The van der Waals surface area contributed by atoms with Crippen molar-refractivity contribution in [1.82, 2.24) is 4.90 Å². The summed E-state index contributed by atoms with van der Waals surface area (Å²) in [5.74, 6) is 0.205. The highest BCUT2D eigenvalue weighted by Gasteiger charge is 2.44. The lowest BCUT2D eigenvalue weighted by molar-refractivity contribution is -0.142. The molecule has 0 radical (unpaired) electrons. The van der Waals surface area contributed by atoms with E-state index < -0.39 is 5.54 Å². The van der Waals surface area contributed by atoms with Crippen LogP contribution >= 0.6 is 0 Å². The smallest absolute Gasteiger partial charge is 0.242 e. The topological polar surface area (TPSA) is 46.3 Å². The number of hydrogen-bond donors (Lipinski definition) is 1. The summed E-state index contributed by atoms with van der Waals surface area (Å²) in [6, 6.07) is 0. The molecule has 1 aliphatic heterocycles. The van der Waals surface area contributed by atoms with Gasteiger partial charge >= 0.3 is 0 Å². The first-order valence-electron chi connectivity index (χ1n) is 6.57. The molecule has 1 heterocycles. The third-order valence-electron chi connectivity index (χ3n) is 4.78. The van der Waals surface area contributed by atoms with Crippen LogP contribution in [0.1, 0.15) is 52.4 Å². The van der Waals surface area contributed by atoms with Gasteiger partial charge in [-0.25, -0.2) is 0 Å². The molecule has 0 unspecified atom stereocenters. The predicted molar refractivity (Wildman–Crippen MR) is 65.0 cm³/mol. The third-order valence-corrected chi connectivity index (χ3v) is 4.78. The minimum atomic E-state index is -0.500. The van der Waals surface area contributed by atoms with Gasteiger partial charge in [0.2, 0.25) is 5.91 Å². The molecule has 0 aromatic heterocycles. The molecule has 0 atom stereocenters. The van der Waals surface area contributed by atoms with Gasteiger partial charge in [-0.15, -0.1) is 0 Å². The molecule has 0 aromatic carbocycles. The molecule has 16 heavy (non-hydrogen) atoms. The monoisotopic (exact) mass is 224 g/mol. The summed E-state index contributed by atoms with van der Waals surface area (Å²) < 4.78 is 0. The maximum atomic E-state index is 12.2. The maximum absolute atomic E-state index is 12.2. The zero-order valence-electron chi connectivity index (χ0n) is 10.6. The Labute approximate surface area is 98.4 Å². The fraction of sp³-hybridized carbons (Fsp3) is 0.923. The first-order chi connectivity index (χ1) is 7.49. The number of hydrogen-bond acceptors (Lipinski definition) is 2. The first kappa shape index (κ1) is 11.9. The van der Waals surface area contributed by atoms with Crippen molar-refractivity contribution < 1.29 is 4.79 Å². The van der Waals surface area contributed by atoms with E-state index in [-0.39, 0.29) is 5.91 Å². The minimum absolute atomic E-state index is 0.205. The Morgan fingerprint density at radius 1 is 1.25 bits per heavy atom. The van der Waals surface area contributed by atoms with Crippen molar-refractivity contribution in [2.75, 3.05) is 13.1 Å². The fourth-order valence-electron chi connectivity index (χ4n) is 2.69.